The minimum absolute atomic E-state index is 0.122. The number of alkyl halides is 2. The Hall–Kier alpha value is -0.180. The summed E-state index contributed by atoms with van der Waals surface area (Å²) in [5, 5.41) is 0. The molecule has 14 heavy (non-hydrogen) atoms. The molecule has 1 heterocycles. The Balaban J connectivity index is 2.05. The topological polar surface area (TPSA) is 3.24 Å². The molecular formula is C11H19F2N. The number of nitrogens with zero attached hydrogens (tertiary/aromatic N) is 1. The second-order valence-electron chi connectivity index (χ2n) is 5.23. The van der Waals surface area contributed by atoms with Crippen LogP contribution in [0.15, 0.2) is 0 Å². The fourth-order valence-corrected chi connectivity index (χ4v) is 2.90. The molecule has 0 aromatic rings. The molecular weight excluding hydrogens is 184 g/mol. The average Bonchev–Trinajstić information content (AvgIpc) is 2.45. The molecule has 3 heteroatoms. The van der Waals surface area contributed by atoms with Crippen molar-refractivity contribution in [1.29, 1.82) is 0 Å². The van der Waals surface area contributed by atoms with Gasteiger partial charge in [-0.25, -0.2) is 8.78 Å². The summed E-state index contributed by atoms with van der Waals surface area (Å²) in [4.78, 5) is 2.13. The Kier molecular flexibility index (Phi) is 2.15. The molecule has 3 atom stereocenters. The van der Waals surface area contributed by atoms with E-state index in [2.05, 4.69) is 18.7 Å². The molecule has 1 aliphatic carbocycles. The molecule has 1 spiro atoms. The summed E-state index contributed by atoms with van der Waals surface area (Å²) in [6, 6.07) is 0.369. The Labute approximate surface area is 84.5 Å². The second kappa shape index (κ2) is 2.91. The highest BCUT2D eigenvalue weighted by Crippen LogP contribution is 2.66. The molecule has 0 N–H and O–H groups in total. The van der Waals surface area contributed by atoms with Gasteiger partial charge in [-0.2, -0.15) is 0 Å². The number of halogens is 2. The lowest BCUT2D eigenvalue weighted by atomic mass is 9.92. The maximum Gasteiger partial charge on any atom is 0.255 e. The van der Waals surface area contributed by atoms with Gasteiger partial charge in [0.15, 0.2) is 0 Å². The lowest BCUT2D eigenvalue weighted by Gasteiger charge is -2.24. The quantitative estimate of drug-likeness (QED) is 0.667. The number of hydrogen-bond donors (Lipinski definition) is 0. The fourth-order valence-electron chi connectivity index (χ4n) is 2.90. The molecule has 0 radical (unpaired) electrons. The largest absolute Gasteiger partial charge is 0.302 e. The van der Waals surface area contributed by atoms with Crippen LogP contribution in [0.1, 0.15) is 33.1 Å². The van der Waals surface area contributed by atoms with Crippen molar-refractivity contribution in [2.75, 3.05) is 13.6 Å². The third kappa shape index (κ3) is 1.28. The van der Waals surface area contributed by atoms with Crippen LogP contribution in [0.3, 0.4) is 0 Å². The van der Waals surface area contributed by atoms with Crippen LogP contribution >= 0.6 is 0 Å². The molecule has 1 nitrogen and oxygen atoms in total. The van der Waals surface area contributed by atoms with E-state index in [9.17, 15) is 8.78 Å². The maximum absolute atomic E-state index is 13.2. The van der Waals surface area contributed by atoms with Gasteiger partial charge in [-0.1, -0.05) is 20.3 Å². The smallest absolute Gasteiger partial charge is 0.255 e. The van der Waals surface area contributed by atoms with Gasteiger partial charge in [-0.15, -0.1) is 0 Å². The van der Waals surface area contributed by atoms with Gasteiger partial charge >= 0.3 is 0 Å². The summed E-state index contributed by atoms with van der Waals surface area (Å²) in [5.41, 5.74) is -0.643. The molecule has 0 aromatic heterocycles. The molecule has 3 unspecified atom stereocenters. The van der Waals surface area contributed by atoms with Gasteiger partial charge in [0.2, 0.25) is 0 Å². The van der Waals surface area contributed by atoms with Crippen LogP contribution in [0, 0.1) is 11.3 Å². The van der Waals surface area contributed by atoms with Crippen LogP contribution in [0.25, 0.3) is 0 Å². The highest BCUT2D eigenvalue weighted by atomic mass is 19.3. The minimum Gasteiger partial charge on any atom is -0.302 e. The van der Waals surface area contributed by atoms with E-state index >= 15 is 0 Å². The zero-order valence-corrected chi connectivity index (χ0v) is 9.19. The average molecular weight is 203 g/mol. The first-order valence-corrected chi connectivity index (χ1v) is 5.50. The van der Waals surface area contributed by atoms with Crippen LogP contribution < -0.4 is 0 Å². The highest BCUT2D eigenvalue weighted by molar-refractivity contribution is 5.16. The number of hydrogen-bond acceptors (Lipinski definition) is 1. The molecule has 2 fully saturated rings. The van der Waals surface area contributed by atoms with Crippen LogP contribution in [0.5, 0.6) is 0 Å². The highest BCUT2D eigenvalue weighted by Gasteiger charge is 2.73. The maximum atomic E-state index is 13.2. The van der Waals surface area contributed by atoms with E-state index in [-0.39, 0.29) is 6.42 Å². The lowest BCUT2D eigenvalue weighted by molar-refractivity contribution is 0.0671. The molecule has 0 amide bonds. The van der Waals surface area contributed by atoms with E-state index in [0.29, 0.717) is 24.9 Å². The monoisotopic (exact) mass is 203 g/mol. The number of rotatable bonds is 2. The molecule has 2 rings (SSSR count). The van der Waals surface area contributed by atoms with E-state index in [1.165, 1.54) is 0 Å². The molecule has 82 valence electrons. The molecule has 1 saturated heterocycles. The first-order valence-electron chi connectivity index (χ1n) is 5.50. The Morgan fingerprint density at radius 1 is 1.50 bits per heavy atom. The second-order valence-corrected chi connectivity index (χ2v) is 5.23. The fraction of sp³-hybridized carbons (Fsp3) is 1.00. The lowest BCUT2D eigenvalue weighted by Crippen LogP contribution is -2.30. The molecule has 1 aliphatic heterocycles. The van der Waals surface area contributed by atoms with Crippen molar-refractivity contribution >= 4 is 0 Å². The molecule has 2 aliphatic rings. The summed E-state index contributed by atoms with van der Waals surface area (Å²) in [6.07, 6.45) is 1.90. The Morgan fingerprint density at radius 3 is 2.43 bits per heavy atom. The van der Waals surface area contributed by atoms with E-state index in [4.69, 9.17) is 0 Å². The summed E-state index contributed by atoms with van der Waals surface area (Å²) in [7, 11) is 1.99. The Morgan fingerprint density at radius 2 is 2.07 bits per heavy atom. The van der Waals surface area contributed by atoms with Gasteiger partial charge in [-0.3, -0.25) is 0 Å². The van der Waals surface area contributed by atoms with Crippen molar-refractivity contribution in [3.63, 3.8) is 0 Å². The van der Waals surface area contributed by atoms with Crippen molar-refractivity contribution in [1.82, 2.24) is 4.90 Å². The van der Waals surface area contributed by atoms with Crippen molar-refractivity contribution in [3.8, 4) is 0 Å². The third-order valence-corrected chi connectivity index (χ3v) is 4.23. The van der Waals surface area contributed by atoms with Crippen LogP contribution in [-0.4, -0.2) is 30.5 Å². The zero-order chi connectivity index (χ0) is 10.6. The van der Waals surface area contributed by atoms with E-state index in [0.717, 1.165) is 6.42 Å². The standard InChI is InChI=1S/C11H19F2N/c1-4-8(2)9-5-10(7-14(9)3)6-11(10,12)13/h8-9H,4-7H2,1-3H3. The van der Waals surface area contributed by atoms with E-state index in [1.807, 2.05) is 7.05 Å². The normalized spacial score (nSPS) is 43.1. The first-order chi connectivity index (χ1) is 6.42. The van der Waals surface area contributed by atoms with Gasteiger partial charge in [0.05, 0.1) is 5.41 Å². The summed E-state index contributed by atoms with van der Waals surface area (Å²) >= 11 is 0. The zero-order valence-electron chi connectivity index (χ0n) is 9.19. The summed E-state index contributed by atoms with van der Waals surface area (Å²) in [6.45, 7) is 4.89. The SMILES string of the molecule is CCC(C)C1CC2(CN1C)CC2(F)F. The van der Waals surface area contributed by atoms with Gasteiger partial charge in [0, 0.05) is 19.0 Å². The molecule has 1 saturated carbocycles. The van der Waals surface area contributed by atoms with Crippen LogP contribution in [0.2, 0.25) is 0 Å². The van der Waals surface area contributed by atoms with E-state index < -0.39 is 11.3 Å². The predicted octanol–water partition coefficient (Wildman–Crippen LogP) is 2.76. The molecule has 0 aromatic carbocycles. The van der Waals surface area contributed by atoms with Crippen LogP contribution in [0.4, 0.5) is 8.78 Å². The van der Waals surface area contributed by atoms with Crippen molar-refractivity contribution in [2.45, 2.75) is 45.1 Å². The van der Waals surface area contributed by atoms with Crippen LogP contribution in [-0.2, 0) is 0 Å². The van der Waals surface area contributed by atoms with Crippen molar-refractivity contribution in [3.05, 3.63) is 0 Å². The third-order valence-electron chi connectivity index (χ3n) is 4.23. The van der Waals surface area contributed by atoms with Gasteiger partial charge in [0.1, 0.15) is 0 Å². The first kappa shape index (κ1) is 10.3. The minimum atomic E-state index is -2.37. The summed E-state index contributed by atoms with van der Waals surface area (Å²) < 4.78 is 26.4. The summed E-state index contributed by atoms with van der Waals surface area (Å²) in [5.74, 6) is -1.83. The molecule has 0 bridgehead atoms. The van der Waals surface area contributed by atoms with Crippen molar-refractivity contribution in [2.24, 2.45) is 11.3 Å². The predicted molar refractivity (Wildman–Crippen MR) is 52.5 cm³/mol. The Bertz CT molecular complexity index is 241. The van der Waals surface area contributed by atoms with E-state index in [1.54, 1.807) is 0 Å². The van der Waals surface area contributed by atoms with Gasteiger partial charge < -0.3 is 4.90 Å². The van der Waals surface area contributed by atoms with Crippen molar-refractivity contribution < 1.29 is 8.78 Å². The van der Waals surface area contributed by atoms with Gasteiger partial charge in [-0.05, 0) is 19.4 Å². The number of likely N-dealkylation sites (tertiary alicyclic amines) is 1. The van der Waals surface area contributed by atoms with Gasteiger partial charge in [0.25, 0.3) is 5.92 Å².